The zero-order valence-corrected chi connectivity index (χ0v) is 22.4. The Balaban J connectivity index is 0.00000544. The van der Waals surface area contributed by atoms with Crippen LogP contribution < -0.4 is 33.9 Å². The van der Waals surface area contributed by atoms with Crippen LogP contribution in [0.15, 0.2) is 49.1 Å². The molecule has 2 N–H and O–H groups in total. The van der Waals surface area contributed by atoms with Gasteiger partial charge in [0.2, 0.25) is 0 Å². The summed E-state index contributed by atoms with van der Waals surface area (Å²) in [5.74, 6) is 0. The van der Waals surface area contributed by atoms with E-state index in [2.05, 4.69) is 58.2 Å². The molecule has 4 nitrogen and oxygen atoms in total. The lowest BCUT2D eigenvalue weighted by Crippen LogP contribution is -3.00. The van der Waals surface area contributed by atoms with Gasteiger partial charge in [-0.05, 0) is 49.7 Å². The van der Waals surface area contributed by atoms with Gasteiger partial charge in [-0.1, -0.05) is 38.5 Å². The number of aromatic nitrogens is 2. The number of rotatable bonds is 19. The minimum atomic E-state index is 0. The van der Waals surface area contributed by atoms with E-state index in [1.807, 2.05) is 0 Å². The van der Waals surface area contributed by atoms with Crippen molar-refractivity contribution in [2.45, 2.75) is 103 Å². The van der Waals surface area contributed by atoms with Crippen LogP contribution in [0.1, 0.15) is 88.2 Å². The van der Waals surface area contributed by atoms with Gasteiger partial charge < -0.3 is 35.0 Å². The first-order valence-electron chi connectivity index (χ1n) is 13.0. The molecule has 0 fully saturated rings. The zero-order chi connectivity index (χ0) is 22.7. The van der Waals surface area contributed by atoms with E-state index in [1.54, 1.807) is 0 Å². The molecular formula is C28H46Cl2N2O2. The minimum Gasteiger partial charge on any atom is -1.00 e. The third-order valence-electron chi connectivity index (χ3n) is 6.25. The molecule has 2 aromatic rings. The first-order chi connectivity index (χ1) is 15.8. The third-order valence-corrected chi connectivity index (χ3v) is 6.25. The molecule has 0 saturated carbocycles. The van der Waals surface area contributed by atoms with Gasteiger partial charge in [0.25, 0.3) is 0 Å². The summed E-state index contributed by atoms with van der Waals surface area (Å²) in [6, 6.07) is 8.74. The summed E-state index contributed by atoms with van der Waals surface area (Å²) in [5, 5.41) is 17.8. The molecule has 0 aliphatic carbocycles. The second-order valence-electron chi connectivity index (χ2n) is 9.08. The van der Waals surface area contributed by atoms with E-state index in [4.69, 9.17) is 10.2 Å². The van der Waals surface area contributed by atoms with E-state index >= 15 is 0 Å². The molecule has 2 heterocycles. The van der Waals surface area contributed by atoms with Crippen LogP contribution in [0.25, 0.3) is 0 Å². The number of aliphatic hydroxyl groups is 2. The lowest BCUT2D eigenvalue weighted by atomic mass is 10.1. The number of nitrogens with zero attached hydrogens (tertiary/aromatic N) is 2. The number of pyridine rings is 2. The number of hydrogen-bond acceptors (Lipinski definition) is 2. The van der Waals surface area contributed by atoms with Gasteiger partial charge in [0.15, 0.2) is 24.8 Å². The minimum absolute atomic E-state index is 0. The van der Waals surface area contributed by atoms with Crippen LogP contribution in [0.4, 0.5) is 0 Å². The molecule has 0 spiro atoms. The van der Waals surface area contributed by atoms with E-state index in [1.165, 1.54) is 75.3 Å². The van der Waals surface area contributed by atoms with Gasteiger partial charge in [-0.25, -0.2) is 9.13 Å². The van der Waals surface area contributed by atoms with E-state index in [0.717, 1.165) is 38.8 Å². The smallest absolute Gasteiger partial charge is 0.169 e. The van der Waals surface area contributed by atoms with E-state index < -0.39 is 0 Å². The van der Waals surface area contributed by atoms with Crippen molar-refractivity contribution in [1.29, 1.82) is 0 Å². The molecule has 0 radical (unpaired) electrons. The van der Waals surface area contributed by atoms with Crippen molar-refractivity contribution in [3.8, 4) is 0 Å². The Morgan fingerprint density at radius 1 is 0.441 bits per heavy atom. The molecule has 0 aliphatic heterocycles. The summed E-state index contributed by atoms with van der Waals surface area (Å²) in [6.45, 7) is 2.78. The van der Waals surface area contributed by atoms with Crippen molar-refractivity contribution in [3.63, 3.8) is 0 Å². The van der Waals surface area contributed by atoms with E-state index in [0.29, 0.717) is 0 Å². The normalized spacial score (nSPS) is 10.5. The van der Waals surface area contributed by atoms with E-state index in [9.17, 15) is 0 Å². The number of unbranched alkanes of at least 4 members (excludes halogenated alkanes) is 9. The Morgan fingerprint density at radius 3 is 1.03 bits per heavy atom. The molecule has 2 rings (SSSR count). The molecule has 0 unspecified atom stereocenters. The summed E-state index contributed by atoms with van der Waals surface area (Å²) in [7, 11) is 0. The molecule has 0 saturated heterocycles. The van der Waals surface area contributed by atoms with Crippen LogP contribution in [0.5, 0.6) is 0 Å². The molecule has 0 aliphatic rings. The molecule has 194 valence electrons. The molecule has 2 aromatic heterocycles. The van der Waals surface area contributed by atoms with Gasteiger partial charge >= 0.3 is 0 Å². The van der Waals surface area contributed by atoms with Crippen molar-refractivity contribution in [2.75, 3.05) is 13.2 Å². The number of hydrogen-bond donors (Lipinski definition) is 2. The van der Waals surface area contributed by atoms with Crippen LogP contribution in [0.2, 0.25) is 0 Å². The maximum atomic E-state index is 8.91. The largest absolute Gasteiger partial charge is 1.00 e. The SMILES string of the molecule is OCCCc1cc[n+](CCCCCCCCCCCC[n+]2ccc(CCCO)cc2)cc1.[Cl-].[Cl-]. The Kier molecular flexibility index (Phi) is 21.5. The molecule has 0 amide bonds. The summed E-state index contributed by atoms with van der Waals surface area (Å²) in [6.07, 6.45) is 25.8. The Hall–Kier alpha value is -1.20. The standard InChI is InChI=1S/C28H46N2O2.2ClH/c31-25-11-13-27-15-21-29(22-16-27)19-9-7-5-3-1-2-4-6-8-10-20-30-23-17-28(18-24-30)14-12-26-32;;/h15-18,21-24,31-32H,1-14,19-20,25-26H2;2*1H/q+2;;/p-2. The summed E-state index contributed by atoms with van der Waals surface area (Å²) in [4.78, 5) is 0. The summed E-state index contributed by atoms with van der Waals surface area (Å²) in [5.41, 5.74) is 2.64. The van der Waals surface area contributed by atoms with Crippen molar-refractivity contribution < 1.29 is 44.2 Å². The first kappa shape index (κ1) is 32.8. The maximum Gasteiger partial charge on any atom is 0.169 e. The lowest BCUT2D eigenvalue weighted by Gasteiger charge is -2.03. The number of aliphatic hydroxyl groups excluding tert-OH is 2. The van der Waals surface area contributed by atoms with Gasteiger partial charge in [0.1, 0.15) is 13.1 Å². The second kappa shape index (κ2) is 22.3. The third kappa shape index (κ3) is 15.7. The van der Waals surface area contributed by atoms with Gasteiger partial charge in [0, 0.05) is 50.3 Å². The monoisotopic (exact) mass is 512 g/mol. The van der Waals surface area contributed by atoms with Crippen LogP contribution >= 0.6 is 0 Å². The Labute approximate surface area is 220 Å². The molecule has 34 heavy (non-hydrogen) atoms. The average molecular weight is 514 g/mol. The van der Waals surface area contributed by atoms with E-state index in [-0.39, 0.29) is 38.0 Å². The van der Waals surface area contributed by atoms with Gasteiger partial charge in [-0.15, -0.1) is 0 Å². The highest BCUT2D eigenvalue weighted by Gasteiger charge is 2.03. The fourth-order valence-corrected chi connectivity index (χ4v) is 4.18. The summed E-state index contributed by atoms with van der Waals surface area (Å²) < 4.78 is 4.57. The Bertz CT molecular complexity index is 635. The lowest BCUT2D eigenvalue weighted by molar-refractivity contribution is -0.697. The van der Waals surface area contributed by atoms with Crippen LogP contribution in [-0.4, -0.2) is 23.4 Å². The van der Waals surface area contributed by atoms with Crippen molar-refractivity contribution in [2.24, 2.45) is 0 Å². The average Bonchev–Trinajstić information content (AvgIpc) is 2.83. The molecule has 0 bridgehead atoms. The van der Waals surface area contributed by atoms with Gasteiger partial charge in [-0.2, -0.15) is 0 Å². The predicted octanol–water partition coefficient (Wildman–Crippen LogP) is -1.28. The molecule has 0 atom stereocenters. The van der Waals surface area contributed by atoms with Crippen LogP contribution in [-0.2, 0) is 25.9 Å². The first-order valence-corrected chi connectivity index (χ1v) is 13.0. The number of halogens is 2. The topological polar surface area (TPSA) is 48.2 Å². The van der Waals surface area contributed by atoms with Crippen molar-refractivity contribution in [1.82, 2.24) is 0 Å². The molecule has 6 heteroatoms. The van der Waals surface area contributed by atoms with Crippen LogP contribution in [0.3, 0.4) is 0 Å². The zero-order valence-electron chi connectivity index (χ0n) is 20.9. The number of aryl methyl sites for hydroxylation is 4. The van der Waals surface area contributed by atoms with Crippen LogP contribution in [0, 0.1) is 0 Å². The highest BCUT2D eigenvalue weighted by molar-refractivity contribution is 5.07. The fraction of sp³-hybridized carbons (Fsp3) is 0.643. The summed E-state index contributed by atoms with van der Waals surface area (Å²) >= 11 is 0. The quantitative estimate of drug-likeness (QED) is 0.182. The second-order valence-corrected chi connectivity index (χ2v) is 9.08. The highest BCUT2D eigenvalue weighted by atomic mass is 35.5. The fourth-order valence-electron chi connectivity index (χ4n) is 4.18. The molecular weight excluding hydrogens is 467 g/mol. The maximum absolute atomic E-state index is 8.91. The Morgan fingerprint density at radius 2 is 0.735 bits per heavy atom. The molecule has 0 aromatic carbocycles. The van der Waals surface area contributed by atoms with Gasteiger partial charge in [0.05, 0.1) is 0 Å². The van der Waals surface area contributed by atoms with Crippen molar-refractivity contribution in [3.05, 3.63) is 60.2 Å². The highest BCUT2D eigenvalue weighted by Crippen LogP contribution is 2.11. The van der Waals surface area contributed by atoms with Gasteiger partial charge in [-0.3, -0.25) is 0 Å². The van der Waals surface area contributed by atoms with Crippen molar-refractivity contribution >= 4 is 0 Å². The predicted molar refractivity (Wildman–Crippen MR) is 130 cm³/mol.